The van der Waals surface area contributed by atoms with Crippen molar-refractivity contribution in [2.45, 2.75) is 32.7 Å². The van der Waals surface area contributed by atoms with Gasteiger partial charge in [-0.15, -0.1) is 0 Å². The topological polar surface area (TPSA) is 77.0 Å². The first kappa shape index (κ1) is 37.4. The highest BCUT2D eigenvalue weighted by molar-refractivity contribution is 6.32. The van der Waals surface area contributed by atoms with Gasteiger partial charge in [0.2, 0.25) is 17.7 Å². The molecule has 0 saturated carbocycles. The van der Waals surface area contributed by atoms with Crippen LogP contribution in [-0.4, -0.2) is 58.5 Å². The first-order valence-electron chi connectivity index (χ1n) is 17.1. The number of halogens is 4. The molecule has 0 bridgehead atoms. The fraction of sp³-hybridized carbons (Fsp3) is 0.244. The molecule has 0 N–H and O–H groups in total. The number of hydrogen-bond acceptors (Lipinski definition) is 7. The molecule has 274 valence electrons. The van der Waals surface area contributed by atoms with Crippen LogP contribution in [-0.2, 0) is 30.5 Å². The molecule has 3 heterocycles. The summed E-state index contributed by atoms with van der Waals surface area (Å²) in [5.41, 5.74) is 3.84. The smallest absolute Gasteiger partial charge is 0.416 e. The highest BCUT2D eigenvalue weighted by atomic mass is 35.5. The Labute approximate surface area is 311 Å². The second-order valence-electron chi connectivity index (χ2n) is 12.6. The molecule has 0 atom stereocenters. The number of ether oxygens (including phenoxy) is 3. The van der Waals surface area contributed by atoms with Gasteiger partial charge in [-0.2, -0.15) is 13.2 Å². The molecule has 12 heteroatoms. The van der Waals surface area contributed by atoms with E-state index < -0.39 is 11.7 Å². The molecule has 1 aliphatic heterocycles. The largest absolute Gasteiger partial charge is 0.487 e. The summed E-state index contributed by atoms with van der Waals surface area (Å²) in [6.45, 7) is 6.20. The average Bonchev–Trinajstić information content (AvgIpc) is 3.16. The first-order chi connectivity index (χ1) is 25.6. The fourth-order valence-corrected chi connectivity index (χ4v) is 6.04. The molecule has 1 fully saturated rings. The third-order valence-corrected chi connectivity index (χ3v) is 8.94. The number of aryl methyl sites for hydroxylation is 1. The van der Waals surface area contributed by atoms with Crippen molar-refractivity contribution >= 4 is 23.6 Å². The number of aromatic nitrogens is 2. The monoisotopic (exact) mass is 742 g/mol. The van der Waals surface area contributed by atoms with Gasteiger partial charge in [0.1, 0.15) is 12.4 Å². The molecule has 1 amide bonds. The van der Waals surface area contributed by atoms with E-state index in [0.717, 1.165) is 49.3 Å². The molecule has 5 aromatic rings. The van der Waals surface area contributed by atoms with E-state index in [4.69, 9.17) is 25.8 Å². The van der Waals surface area contributed by atoms with Crippen LogP contribution in [0.25, 0.3) is 6.08 Å². The number of pyridine rings is 2. The van der Waals surface area contributed by atoms with Crippen molar-refractivity contribution in [1.82, 2.24) is 19.8 Å². The quantitative estimate of drug-likeness (QED) is 0.112. The van der Waals surface area contributed by atoms with Gasteiger partial charge in [0.05, 0.1) is 23.4 Å². The van der Waals surface area contributed by atoms with Gasteiger partial charge in [-0.1, -0.05) is 54.1 Å². The maximum absolute atomic E-state index is 13.0. The second-order valence-corrected chi connectivity index (χ2v) is 13.0. The lowest BCUT2D eigenvalue weighted by molar-refractivity contribution is -0.137. The van der Waals surface area contributed by atoms with Gasteiger partial charge in [0.25, 0.3) is 0 Å². The molecule has 53 heavy (non-hydrogen) atoms. The van der Waals surface area contributed by atoms with Crippen molar-refractivity contribution < 1.29 is 32.2 Å². The van der Waals surface area contributed by atoms with Crippen molar-refractivity contribution in [1.29, 1.82) is 0 Å². The van der Waals surface area contributed by atoms with E-state index in [9.17, 15) is 18.0 Å². The predicted molar refractivity (Wildman–Crippen MR) is 197 cm³/mol. The molecule has 0 unspecified atom stereocenters. The summed E-state index contributed by atoms with van der Waals surface area (Å²) in [5, 5.41) is 0.362. The lowest BCUT2D eigenvalue weighted by Crippen LogP contribution is -2.47. The minimum absolute atomic E-state index is 0.0548. The van der Waals surface area contributed by atoms with Gasteiger partial charge in [0.15, 0.2) is 5.75 Å². The number of alkyl halides is 3. The molecule has 3 aromatic carbocycles. The average molecular weight is 743 g/mol. The van der Waals surface area contributed by atoms with Crippen LogP contribution >= 0.6 is 11.6 Å². The second kappa shape index (κ2) is 17.4. The van der Waals surface area contributed by atoms with Gasteiger partial charge < -0.3 is 19.1 Å². The number of amides is 1. The zero-order valence-electron chi connectivity index (χ0n) is 29.1. The Morgan fingerprint density at radius 2 is 1.58 bits per heavy atom. The SMILES string of the molecule is Cc1cc(C=CC(=O)N2CCN(Cc3ccc(CCOc4ccccn4)cc3)CC2)cc(Cl)c1Oc1ccc(OCc2ccc(C(F)(F)F)cc2)cn1. The molecule has 6 rings (SSSR count). The van der Waals surface area contributed by atoms with Crippen LogP contribution < -0.4 is 14.2 Å². The van der Waals surface area contributed by atoms with Crippen LogP contribution in [0, 0.1) is 6.92 Å². The molecule has 0 aliphatic carbocycles. The predicted octanol–water partition coefficient (Wildman–Crippen LogP) is 8.81. The third-order valence-electron chi connectivity index (χ3n) is 8.66. The van der Waals surface area contributed by atoms with Crippen molar-refractivity contribution in [3.63, 3.8) is 0 Å². The van der Waals surface area contributed by atoms with Crippen molar-refractivity contribution in [2.75, 3.05) is 32.8 Å². The maximum Gasteiger partial charge on any atom is 0.416 e. The van der Waals surface area contributed by atoms with Gasteiger partial charge >= 0.3 is 6.18 Å². The van der Waals surface area contributed by atoms with E-state index in [2.05, 4.69) is 39.1 Å². The molecule has 1 saturated heterocycles. The molecule has 0 radical (unpaired) electrons. The van der Waals surface area contributed by atoms with E-state index in [1.807, 2.05) is 36.1 Å². The normalized spacial score (nSPS) is 13.6. The summed E-state index contributed by atoms with van der Waals surface area (Å²) >= 11 is 6.58. The summed E-state index contributed by atoms with van der Waals surface area (Å²) in [7, 11) is 0. The van der Waals surface area contributed by atoms with Gasteiger partial charge in [-0.3, -0.25) is 9.69 Å². The lowest BCUT2D eigenvalue weighted by Gasteiger charge is -2.34. The maximum atomic E-state index is 13.0. The summed E-state index contributed by atoms with van der Waals surface area (Å²) in [5.74, 6) is 1.72. The lowest BCUT2D eigenvalue weighted by atomic mass is 10.1. The minimum Gasteiger partial charge on any atom is -0.487 e. The Balaban J connectivity index is 0.933. The van der Waals surface area contributed by atoms with Crippen LogP contribution in [0.5, 0.6) is 23.3 Å². The van der Waals surface area contributed by atoms with Gasteiger partial charge in [-0.25, -0.2) is 9.97 Å². The van der Waals surface area contributed by atoms with Crippen LogP contribution in [0.15, 0.2) is 109 Å². The van der Waals surface area contributed by atoms with E-state index >= 15 is 0 Å². The Morgan fingerprint density at radius 3 is 2.25 bits per heavy atom. The zero-order chi connectivity index (χ0) is 37.2. The fourth-order valence-electron chi connectivity index (χ4n) is 5.73. The number of hydrogen-bond donors (Lipinski definition) is 0. The number of carbonyl (C=O) groups is 1. The summed E-state index contributed by atoms with van der Waals surface area (Å²) < 4.78 is 55.7. The van der Waals surface area contributed by atoms with Crippen LogP contribution in [0.1, 0.15) is 33.4 Å². The van der Waals surface area contributed by atoms with Crippen molar-refractivity contribution in [3.8, 4) is 23.3 Å². The molecular weight excluding hydrogens is 705 g/mol. The van der Waals surface area contributed by atoms with E-state index in [-0.39, 0.29) is 18.4 Å². The number of carbonyl (C=O) groups excluding carboxylic acids is 1. The number of piperazine rings is 1. The first-order valence-corrected chi connectivity index (χ1v) is 17.5. The van der Waals surface area contributed by atoms with Crippen LogP contribution in [0.4, 0.5) is 13.2 Å². The summed E-state index contributed by atoms with van der Waals surface area (Å²) in [6.07, 6.45) is 2.92. The standard InChI is InChI=1S/C41H38ClF3N4O4/c1-29-24-33(25-36(42)40(29)53-38-15-14-35(26-47-38)52-28-32-9-12-34(13-10-32)41(43,44)45)11-16-39(50)49-21-19-48(20-22-49)27-31-7-5-30(6-8-31)17-23-51-37-4-2-3-18-46-37/h2-16,18,24-26H,17,19-23,27-28H2,1H3. The molecule has 1 aliphatic rings. The van der Waals surface area contributed by atoms with Gasteiger partial charge in [-0.05, 0) is 77.2 Å². The minimum atomic E-state index is -4.39. The van der Waals surface area contributed by atoms with E-state index in [0.29, 0.717) is 47.7 Å². The molecular formula is C41H38ClF3N4O4. The summed E-state index contributed by atoms with van der Waals surface area (Å²) in [4.78, 5) is 25.7. The summed E-state index contributed by atoms with van der Waals surface area (Å²) in [6, 6.07) is 25.9. The molecule has 2 aromatic heterocycles. The van der Waals surface area contributed by atoms with Crippen molar-refractivity contribution in [2.24, 2.45) is 0 Å². The number of nitrogens with zero attached hydrogens (tertiary/aromatic N) is 4. The molecule has 8 nitrogen and oxygen atoms in total. The van der Waals surface area contributed by atoms with E-state index in [1.165, 1.54) is 29.5 Å². The highest BCUT2D eigenvalue weighted by Crippen LogP contribution is 2.34. The Bertz CT molecular complexity index is 1960. The van der Waals surface area contributed by atoms with Crippen LogP contribution in [0.2, 0.25) is 5.02 Å². The Kier molecular flexibility index (Phi) is 12.3. The van der Waals surface area contributed by atoms with E-state index in [1.54, 1.807) is 36.5 Å². The number of benzene rings is 3. The Hall–Kier alpha value is -5.39. The van der Waals surface area contributed by atoms with Crippen LogP contribution in [0.3, 0.4) is 0 Å². The molecule has 0 spiro atoms. The number of rotatable bonds is 13. The highest BCUT2D eigenvalue weighted by Gasteiger charge is 2.30. The zero-order valence-corrected chi connectivity index (χ0v) is 29.8. The van der Waals surface area contributed by atoms with Crippen molar-refractivity contribution in [3.05, 3.63) is 148 Å². The Morgan fingerprint density at radius 1 is 0.849 bits per heavy atom. The van der Waals surface area contributed by atoms with Gasteiger partial charge in [0, 0.05) is 63.6 Å². The third kappa shape index (κ3) is 10.8.